The minimum absolute atomic E-state index is 0. The maximum Gasteiger partial charge on any atom is 0.228 e. The Balaban J connectivity index is 0.00000220. The fourth-order valence-electron chi connectivity index (χ4n) is 1.74. The van der Waals surface area contributed by atoms with Crippen molar-refractivity contribution in [2.75, 3.05) is 11.9 Å². The number of amides is 1. The third kappa shape index (κ3) is 4.06. The van der Waals surface area contributed by atoms with Crippen molar-refractivity contribution >= 4 is 24.0 Å². The van der Waals surface area contributed by atoms with Gasteiger partial charge in [-0.2, -0.15) is 0 Å². The molecule has 21 heavy (non-hydrogen) atoms. The predicted molar refractivity (Wildman–Crippen MR) is 85.5 cm³/mol. The number of hydrogen-bond donors (Lipinski definition) is 2. The number of carbonyl (C=O) groups is 1. The summed E-state index contributed by atoms with van der Waals surface area (Å²) in [5.74, 6) is 0.239. The van der Waals surface area contributed by atoms with E-state index in [-0.39, 0.29) is 24.2 Å². The Kier molecular flexibility index (Phi) is 5.93. The van der Waals surface area contributed by atoms with Crippen LogP contribution in [0, 0.1) is 19.8 Å². The van der Waals surface area contributed by atoms with Crippen LogP contribution < -0.4 is 11.1 Å². The number of nitrogens with one attached hydrogen (secondary N) is 1. The molecule has 1 heterocycles. The molecular formula is C15H20ClN3O2. The molecule has 0 spiro atoms. The average molecular weight is 310 g/mol. The second kappa shape index (κ2) is 7.24. The lowest BCUT2D eigenvalue weighted by Crippen LogP contribution is -2.26. The number of halogens is 1. The monoisotopic (exact) mass is 309 g/mol. The number of hydrogen-bond acceptors (Lipinski definition) is 4. The number of benzene rings is 1. The summed E-state index contributed by atoms with van der Waals surface area (Å²) in [5.41, 5.74) is 8.89. The van der Waals surface area contributed by atoms with E-state index in [1.165, 1.54) is 0 Å². The highest BCUT2D eigenvalue weighted by atomic mass is 35.5. The molecule has 0 radical (unpaired) electrons. The summed E-state index contributed by atoms with van der Waals surface area (Å²) in [4.78, 5) is 16.2. The van der Waals surface area contributed by atoms with E-state index in [2.05, 4.69) is 10.3 Å². The minimum atomic E-state index is -0.220. The fraction of sp³-hybridized carbons (Fsp3) is 0.333. The van der Waals surface area contributed by atoms with Gasteiger partial charge in [-0.3, -0.25) is 4.79 Å². The number of nitrogens with zero attached hydrogens (tertiary/aromatic N) is 1. The molecule has 1 aromatic carbocycles. The molecule has 0 aliphatic carbocycles. The molecular weight excluding hydrogens is 290 g/mol. The van der Waals surface area contributed by atoms with Crippen molar-refractivity contribution in [3.05, 3.63) is 35.7 Å². The first-order valence-corrected chi connectivity index (χ1v) is 6.55. The smallest absolute Gasteiger partial charge is 0.228 e. The summed E-state index contributed by atoms with van der Waals surface area (Å²) < 4.78 is 5.37. The Morgan fingerprint density at radius 2 is 2.14 bits per heavy atom. The maximum absolute atomic E-state index is 11.9. The Bertz CT molecular complexity index is 625. The molecule has 0 fully saturated rings. The standard InChI is InChI=1S/C15H19N3O2.ClH/c1-9-4-5-12(15-17-11(3)8-20-15)6-13(9)18-14(19)10(2)7-16;/h4-6,8,10H,7,16H2,1-3H3,(H,18,19);1H. The third-order valence-electron chi connectivity index (χ3n) is 3.16. The lowest BCUT2D eigenvalue weighted by Gasteiger charge is -2.12. The molecule has 1 unspecified atom stereocenters. The minimum Gasteiger partial charge on any atom is -0.444 e. The number of aromatic nitrogens is 1. The zero-order chi connectivity index (χ0) is 14.7. The van der Waals surface area contributed by atoms with Crippen LogP contribution in [-0.2, 0) is 4.79 Å². The third-order valence-corrected chi connectivity index (χ3v) is 3.16. The summed E-state index contributed by atoms with van der Waals surface area (Å²) in [6.45, 7) is 5.93. The summed E-state index contributed by atoms with van der Waals surface area (Å²) >= 11 is 0. The molecule has 0 bridgehead atoms. The lowest BCUT2D eigenvalue weighted by molar-refractivity contribution is -0.119. The molecule has 1 aromatic heterocycles. The van der Waals surface area contributed by atoms with Crippen LogP contribution >= 0.6 is 12.4 Å². The van der Waals surface area contributed by atoms with Crippen molar-refractivity contribution in [1.29, 1.82) is 0 Å². The van der Waals surface area contributed by atoms with Crippen LogP contribution in [0.5, 0.6) is 0 Å². The highest BCUT2D eigenvalue weighted by Crippen LogP contribution is 2.25. The second-order valence-electron chi connectivity index (χ2n) is 4.95. The van der Waals surface area contributed by atoms with Gasteiger partial charge < -0.3 is 15.5 Å². The molecule has 0 saturated heterocycles. The van der Waals surface area contributed by atoms with Gasteiger partial charge in [-0.15, -0.1) is 12.4 Å². The van der Waals surface area contributed by atoms with Crippen molar-refractivity contribution in [2.45, 2.75) is 20.8 Å². The zero-order valence-electron chi connectivity index (χ0n) is 12.3. The van der Waals surface area contributed by atoms with E-state index in [1.54, 1.807) is 13.2 Å². The Morgan fingerprint density at radius 1 is 1.43 bits per heavy atom. The zero-order valence-corrected chi connectivity index (χ0v) is 13.2. The number of anilines is 1. The van der Waals surface area contributed by atoms with Gasteiger partial charge in [-0.25, -0.2) is 4.98 Å². The molecule has 1 amide bonds. The van der Waals surface area contributed by atoms with Crippen LogP contribution in [-0.4, -0.2) is 17.4 Å². The first kappa shape index (κ1) is 17.2. The molecule has 5 nitrogen and oxygen atoms in total. The van der Waals surface area contributed by atoms with Crippen molar-refractivity contribution in [3.63, 3.8) is 0 Å². The molecule has 2 rings (SSSR count). The van der Waals surface area contributed by atoms with E-state index in [9.17, 15) is 4.79 Å². The normalized spacial score (nSPS) is 11.6. The van der Waals surface area contributed by atoms with Gasteiger partial charge in [0.15, 0.2) is 0 Å². The molecule has 0 saturated carbocycles. The van der Waals surface area contributed by atoms with Gasteiger partial charge >= 0.3 is 0 Å². The molecule has 114 valence electrons. The van der Waals surface area contributed by atoms with E-state index >= 15 is 0 Å². The topological polar surface area (TPSA) is 81.2 Å². The van der Waals surface area contributed by atoms with Gasteiger partial charge in [0.1, 0.15) is 6.26 Å². The van der Waals surface area contributed by atoms with Crippen LogP contribution in [0.2, 0.25) is 0 Å². The van der Waals surface area contributed by atoms with E-state index < -0.39 is 0 Å². The summed E-state index contributed by atoms with van der Waals surface area (Å²) in [6, 6.07) is 5.71. The summed E-state index contributed by atoms with van der Waals surface area (Å²) in [6.07, 6.45) is 1.60. The summed E-state index contributed by atoms with van der Waals surface area (Å²) in [7, 11) is 0. The van der Waals surface area contributed by atoms with Crippen molar-refractivity contribution in [3.8, 4) is 11.5 Å². The number of rotatable bonds is 4. The van der Waals surface area contributed by atoms with E-state index in [0.717, 1.165) is 22.5 Å². The average Bonchev–Trinajstić information content (AvgIpc) is 2.86. The number of aryl methyl sites for hydroxylation is 2. The molecule has 6 heteroatoms. The van der Waals surface area contributed by atoms with Gasteiger partial charge in [0.25, 0.3) is 0 Å². The van der Waals surface area contributed by atoms with Crippen molar-refractivity contribution < 1.29 is 9.21 Å². The molecule has 3 N–H and O–H groups in total. The van der Waals surface area contributed by atoms with Gasteiger partial charge in [0, 0.05) is 23.7 Å². The Labute approximate surface area is 130 Å². The van der Waals surface area contributed by atoms with E-state index in [0.29, 0.717) is 12.4 Å². The quantitative estimate of drug-likeness (QED) is 0.910. The van der Waals surface area contributed by atoms with Crippen LogP contribution in [0.1, 0.15) is 18.2 Å². The maximum atomic E-state index is 11.9. The highest BCUT2D eigenvalue weighted by molar-refractivity contribution is 5.93. The Morgan fingerprint density at radius 3 is 2.71 bits per heavy atom. The Hall–Kier alpha value is -1.85. The first-order chi connectivity index (χ1) is 9.51. The van der Waals surface area contributed by atoms with Gasteiger partial charge in [-0.05, 0) is 31.5 Å². The largest absolute Gasteiger partial charge is 0.444 e. The lowest BCUT2D eigenvalue weighted by atomic mass is 10.1. The van der Waals surface area contributed by atoms with E-state index in [1.807, 2.05) is 32.0 Å². The van der Waals surface area contributed by atoms with Crippen molar-refractivity contribution in [2.24, 2.45) is 11.7 Å². The van der Waals surface area contributed by atoms with Crippen LogP contribution in [0.3, 0.4) is 0 Å². The number of oxazole rings is 1. The molecule has 0 aliphatic rings. The highest BCUT2D eigenvalue weighted by Gasteiger charge is 2.13. The van der Waals surface area contributed by atoms with Crippen LogP contribution in [0.4, 0.5) is 5.69 Å². The van der Waals surface area contributed by atoms with Gasteiger partial charge in [0.2, 0.25) is 11.8 Å². The van der Waals surface area contributed by atoms with Crippen molar-refractivity contribution in [1.82, 2.24) is 4.98 Å². The van der Waals surface area contributed by atoms with Crippen LogP contribution in [0.15, 0.2) is 28.9 Å². The first-order valence-electron chi connectivity index (χ1n) is 6.55. The second-order valence-corrected chi connectivity index (χ2v) is 4.95. The number of nitrogens with two attached hydrogens (primary N) is 1. The molecule has 1 atom stereocenters. The van der Waals surface area contributed by atoms with E-state index in [4.69, 9.17) is 10.2 Å². The summed E-state index contributed by atoms with van der Waals surface area (Å²) in [5, 5.41) is 2.89. The van der Waals surface area contributed by atoms with Crippen LogP contribution in [0.25, 0.3) is 11.5 Å². The van der Waals surface area contributed by atoms with Gasteiger partial charge in [-0.1, -0.05) is 13.0 Å². The molecule has 2 aromatic rings. The SMILES string of the molecule is Cc1coc(-c2ccc(C)c(NC(=O)C(C)CN)c2)n1.Cl. The van der Waals surface area contributed by atoms with Gasteiger partial charge in [0.05, 0.1) is 5.69 Å². The molecule has 0 aliphatic heterocycles. The predicted octanol–water partition coefficient (Wildman–Crippen LogP) is 2.91. The fourth-order valence-corrected chi connectivity index (χ4v) is 1.74. The number of carbonyl (C=O) groups excluding carboxylic acids is 1.